The van der Waals surface area contributed by atoms with Crippen molar-refractivity contribution >= 4 is 17.9 Å². The minimum atomic E-state index is -0.762. The summed E-state index contributed by atoms with van der Waals surface area (Å²) in [6, 6.07) is 0. The molecule has 0 aliphatic heterocycles. The quantitative estimate of drug-likeness (QED) is 0.0344. The minimum absolute atomic E-state index is 0.0634. The van der Waals surface area contributed by atoms with Crippen molar-refractivity contribution in [1.82, 2.24) is 0 Å². The molecule has 0 aromatic rings. The highest BCUT2D eigenvalue weighted by Gasteiger charge is 2.19. The van der Waals surface area contributed by atoms with Gasteiger partial charge in [-0.25, -0.2) is 0 Å². The third kappa shape index (κ3) is 49.3. The first-order valence-electron chi connectivity index (χ1n) is 27.2. The summed E-state index contributed by atoms with van der Waals surface area (Å²) in [5.41, 5.74) is 0. The maximum Gasteiger partial charge on any atom is 0.306 e. The highest BCUT2D eigenvalue weighted by molar-refractivity contribution is 5.71. The van der Waals surface area contributed by atoms with Crippen LogP contribution in [-0.2, 0) is 28.6 Å². The predicted octanol–water partition coefficient (Wildman–Crippen LogP) is 17.7. The van der Waals surface area contributed by atoms with Crippen LogP contribution in [0.2, 0.25) is 0 Å². The molecule has 0 aliphatic carbocycles. The van der Waals surface area contributed by atoms with Crippen molar-refractivity contribution in [2.75, 3.05) is 13.2 Å². The molecular formula is C55H106O6. The first-order chi connectivity index (χ1) is 29.7. The fourth-order valence-corrected chi connectivity index (χ4v) is 8.34. The van der Waals surface area contributed by atoms with Crippen LogP contribution >= 0.6 is 0 Å². The summed E-state index contributed by atoms with van der Waals surface area (Å²) < 4.78 is 16.8. The highest BCUT2D eigenvalue weighted by Crippen LogP contribution is 2.18. The molecule has 6 heteroatoms. The predicted molar refractivity (Wildman–Crippen MR) is 261 cm³/mol. The number of carbonyl (C=O) groups excluding carboxylic acids is 3. The van der Waals surface area contributed by atoms with E-state index >= 15 is 0 Å². The van der Waals surface area contributed by atoms with Crippen LogP contribution < -0.4 is 0 Å². The van der Waals surface area contributed by atoms with Crippen molar-refractivity contribution in [3.63, 3.8) is 0 Å². The van der Waals surface area contributed by atoms with Crippen LogP contribution in [0.4, 0.5) is 0 Å². The van der Waals surface area contributed by atoms with E-state index in [1.807, 2.05) is 0 Å². The second-order valence-electron chi connectivity index (χ2n) is 19.8. The van der Waals surface area contributed by atoms with Gasteiger partial charge in [0.15, 0.2) is 6.10 Å². The molecule has 0 aliphatic rings. The van der Waals surface area contributed by atoms with E-state index in [-0.39, 0.29) is 31.1 Å². The van der Waals surface area contributed by atoms with E-state index in [9.17, 15) is 14.4 Å². The first-order valence-corrected chi connectivity index (χ1v) is 27.2. The molecule has 1 atom stereocenters. The third-order valence-electron chi connectivity index (χ3n) is 12.5. The van der Waals surface area contributed by atoms with Gasteiger partial charge in [-0.2, -0.15) is 0 Å². The van der Waals surface area contributed by atoms with Crippen LogP contribution in [0, 0.1) is 11.8 Å². The Labute approximate surface area is 380 Å². The summed E-state index contributed by atoms with van der Waals surface area (Å²) in [6.45, 7) is 11.4. The molecule has 0 aromatic heterocycles. The van der Waals surface area contributed by atoms with Crippen molar-refractivity contribution < 1.29 is 28.6 Å². The van der Waals surface area contributed by atoms with Crippen LogP contribution in [0.3, 0.4) is 0 Å². The molecule has 0 fully saturated rings. The van der Waals surface area contributed by atoms with Crippen LogP contribution in [0.25, 0.3) is 0 Å². The lowest BCUT2D eigenvalue weighted by molar-refractivity contribution is -0.167. The number of unbranched alkanes of at least 4 members (excludes halogenated alkanes) is 34. The second-order valence-corrected chi connectivity index (χ2v) is 19.8. The number of ether oxygens (including phenoxy) is 3. The number of carbonyl (C=O) groups is 3. The Bertz CT molecular complexity index is 931. The Morgan fingerprint density at radius 1 is 0.311 bits per heavy atom. The molecule has 0 rings (SSSR count). The molecule has 0 unspecified atom stereocenters. The van der Waals surface area contributed by atoms with Gasteiger partial charge in [0.05, 0.1) is 0 Å². The summed E-state index contributed by atoms with van der Waals surface area (Å²) in [4.78, 5) is 38.0. The number of rotatable bonds is 49. The smallest absolute Gasteiger partial charge is 0.306 e. The van der Waals surface area contributed by atoms with E-state index in [4.69, 9.17) is 14.2 Å². The van der Waals surface area contributed by atoms with Crippen LogP contribution in [-0.4, -0.2) is 37.2 Å². The Morgan fingerprint density at radius 3 is 0.803 bits per heavy atom. The zero-order valence-electron chi connectivity index (χ0n) is 41.8. The van der Waals surface area contributed by atoms with Crippen molar-refractivity contribution in [3.05, 3.63) is 0 Å². The van der Waals surface area contributed by atoms with E-state index in [1.165, 1.54) is 193 Å². The molecule has 0 radical (unpaired) electrons. The van der Waals surface area contributed by atoms with E-state index in [2.05, 4.69) is 34.6 Å². The van der Waals surface area contributed by atoms with Crippen molar-refractivity contribution in [2.24, 2.45) is 11.8 Å². The normalized spacial score (nSPS) is 12.0. The van der Waals surface area contributed by atoms with E-state index in [0.717, 1.165) is 69.6 Å². The molecular weight excluding hydrogens is 757 g/mol. The number of hydrogen-bond acceptors (Lipinski definition) is 6. The van der Waals surface area contributed by atoms with Gasteiger partial charge < -0.3 is 14.2 Å². The monoisotopic (exact) mass is 863 g/mol. The largest absolute Gasteiger partial charge is 0.462 e. The lowest BCUT2D eigenvalue weighted by atomic mass is 10.0. The van der Waals surface area contributed by atoms with Gasteiger partial charge in [-0.1, -0.05) is 266 Å². The van der Waals surface area contributed by atoms with Gasteiger partial charge in [0.1, 0.15) is 13.2 Å². The van der Waals surface area contributed by atoms with Crippen molar-refractivity contribution in [2.45, 2.75) is 310 Å². The average Bonchev–Trinajstić information content (AvgIpc) is 3.23. The fourth-order valence-electron chi connectivity index (χ4n) is 8.34. The molecule has 0 heterocycles. The molecule has 0 N–H and O–H groups in total. The molecule has 362 valence electrons. The van der Waals surface area contributed by atoms with Gasteiger partial charge in [0, 0.05) is 19.3 Å². The Kier molecular flexibility index (Phi) is 46.6. The fraction of sp³-hybridized carbons (Fsp3) is 0.945. The zero-order chi connectivity index (χ0) is 44.7. The zero-order valence-corrected chi connectivity index (χ0v) is 41.8. The molecule has 0 saturated carbocycles. The molecule has 61 heavy (non-hydrogen) atoms. The average molecular weight is 863 g/mol. The van der Waals surface area contributed by atoms with Gasteiger partial charge in [-0.05, 0) is 31.1 Å². The van der Waals surface area contributed by atoms with Gasteiger partial charge >= 0.3 is 17.9 Å². The van der Waals surface area contributed by atoms with E-state index in [0.29, 0.717) is 19.3 Å². The molecule has 0 amide bonds. The van der Waals surface area contributed by atoms with E-state index < -0.39 is 6.10 Å². The Hall–Kier alpha value is -1.59. The van der Waals surface area contributed by atoms with Crippen LogP contribution in [0.5, 0.6) is 0 Å². The van der Waals surface area contributed by atoms with Gasteiger partial charge in [-0.3, -0.25) is 14.4 Å². The van der Waals surface area contributed by atoms with Gasteiger partial charge in [-0.15, -0.1) is 0 Å². The molecule has 0 bridgehead atoms. The van der Waals surface area contributed by atoms with Crippen molar-refractivity contribution in [3.8, 4) is 0 Å². The van der Waals surface area contributed by atoms with Crippen LogP contribution in [0.15, 0.2) is 0 Å². The molecule has 0 saturated heterocycles. The van der Waals surface area contributed by atoms with Gasteiger partial charge in [0.2, 0.25) is 0 Å². The summed E-state index contributed by atoms with van der Waals surface area (Å²) in [7, 11) is 0. The molecule has 0 spiro atoms. The summed E-state index contributed by atoms with van der Waals surface area (Å²) in [5, 5.41) is 0. The maximum absolute atomic E-state index is 12.8. The standard InChI is InChI=1S/C55H106O6/c1-6-7-8-9-10-11-12-13-14-15-16-19-25-30-35-40-45-53(56)59-48-52(61-55(58)47-42-37-32-27-22-21-24-29-34-39-44-51(4)5)49-60-54(57)46-41-36-31-26-20-17-18-23-28-33-38-43-50(2)3/h50-52H,6-49H2,1-5H3/t52-/m0/s1. The van der Waals surface area contributed by atoms with Crippen molar-refractivity contribution in [1.29, 1.82) is 0 Å². The molecule has 0 aromatic carbocycles. The first kappa shape index (κ1) is 59.4. The topological polar surface area (TPSA) is 78.9 Å². The number of hydrogen-bond donors (Lipinski definition) is 0. The summed E-state index contributed by atoms with van der Waals surface area (Å²) in [5.74, 6) is 0.798. The van der Waals surface area contributed by atoms with Gasteiger partial charge in [0.25, 0.3) is 0 Å². The maximum atomic E-state index is 12.8. The Morgan fingerprint density at radius 2 is 0.541 bits per heavy atom. The lowest BCUT2D eigenvalue weighted by Gasteiger charge is -2.18. The second kappa shape index (κ2) is 47.9. The highest BCUT2D eigenvalue weighted by atomic mass is 16.6. The van der Waals surface area contributed by atoms with E-state index in [1.54, 1.807) is 0 Å². The summed E-state index contributed by atoms with van der Waals surface area (Å²) in [6.07, 6.45) is 49.5. The summed E-state index contributed by atoms with van der Waals surface area (Å²) >= 11 is 0. The SMILES string of the molecule is CCCCCCCCCCCCCCCCCCC(=O)OC[C@@H](COC(=O)CCCCCCCCCCCCCC(C)C)OC(=O)CCCCCCCCCCCCC(C)C. The minimum Gasteiger partial charge on any atom is -0.462 e. The number of esters is 3. The van der Waals surface area contributed by atoms with Crippen LogP contribution in [0.1, 0.15) is 304 Å². The third-order valence-corrected chi connectivity index (χ3v) is 12.5. The Balaban J connectivity index is 4.30. The molecule has 6 nitrogen and oxygen atoms in total. The lowest BCUT2D eigenvalue weighted by Crippen LogP contribution is -2.30.